The fourth-order valence-corrected chi connectivity index (χ4v) is 3.08. The molecule has 0 spiro atoms. The number of likely N-dealkylation sites (tertiary alicyclic amines) is 1. The van der Waals surface area contributed by atoms with E-state index in [-0.39, 0.29) is 44.3 Å². The van der Waals surface area contributed by atoms with E-state index in [2.05, 4.69) is 6.58 Å². The van der Waals surface area contributed by atoms with Crippen LogP contribution >= 0.6 is 0 Å². The van der Waals surface area contributed by atoms with Gasteiger partial charge in [-0.2, -0.15) is 0 Å². The molecule has 1 fully saturated rings. The number of nitrogens with zero attached hydrogens (tertiary/aromatic N) is 2. The predicted molar refractivity (Wildman–Crippen MR) is 84.9 cm³/mol. The Kier molecular flexibility index (Phi) is 3.88. The van der Waals surface area contributed by atoms with E-state index < -0.39 is 11.6 Å². The van der Waals surface area contributed by atoms with Crippen LogP contribution in [-0.4, -0.2) is 63.0 Å². The lowest BCUT2D eigenvalue weighted by atomic mass is 9.91. The van der Waals surface area contributed by atoms with Crippen LogP contribution in [0, 0.1) is 0 Å². The van der Waals surface area contributed by atoms with Crippen molar-refractivity contribution >= 4 is 23.5 Å². The van der Waals surface area contributed by atoms with Crippen molar-refractivity contribution in [3.05, 3.63) is 42.0 Å². The molecule has 2 N–H and O–H groups in total. The summed E-state index contributed by atoms with van der Waals surface area (Å²) in [6, 6.07) is 7.04. The molecule has 2 heterocycles. The number of carbonyl (C=O) groups is 3. The third-order valence-corrected chi connectivity index (χ3v) is 4.67. The molecule has 7 heteroatoms. The van der Waals surface area contributed by atoms with E-state index in [1.807, 2.05) is 0 Å². The highest BCUT2D eigenvalue weighted by Gasteiger charge is 2.41. The second-order valence-electron chi connectivity index (χ2n) is 6.10. The van der Waals surface area contributed by atoms with Crippen molar-refractivity contribution in [1.82, 2.24) is 9.80 Å². The normalized spacial score (nSPS) is 19.4. The van der Waals surface area contributed by atoms with Gasteiger partial charge in [0.25, 0.3) is 5.91 Å². The molecule has 2 amide bonds. The number of piperidine rings is 1. The van der Waals surface area contributed by atoms with Gasteiger partial charge in [-0.05, 0) is 6.07 Å². The SMILES string of the molecule is C=C1c2ccccc2C(=O)N1CC(=O)N1CCC(O)(C(=O)O)CC1. The van der Waals surface area contributed by atoms with Crippen molar-refractivity contribution < 1.29 is 24.6 Å². The third kappa shape index (κ3) is 2.56. The molecule has 1 aromatic carbocycles. The Morgan fingerprint density at radius 2 is 1.75 bits per heavy atom. The molecule has 2 aliphatic heterocycles. The fourth-order valence-electron chi connectivity index (χ4n) is 3.08. The fraction of sp³-hybridized carbons (Fsp3) is 0.353. The first kappa shape index (κ1) is 16.2. The van der Waals surface area contributed by atoms with Crippen LogP contribution in [0.4, 0.5) is 0 Å². The summed E-state index contributed by atoms with van der Waals surface area (Å²) in [7, 11) is 0. The van der Waals surface area contributed by atoms with Crippen molar-refractivity contribution in [2.45, 2.75) is 18.4 Å². The van der Waals surface area contributed by atoms with Crippen molar-refractivity contribution in [2.24, 2.45) is 0 Å². The molecule has 1 aromatic rings. The smallest absolute Gasteiger partial charge is 0.335 e. The van der Waals surface area contributed by atoms with E-state index in [0.717, 1.165) is 0 Å². The van der Waals surface area contributed by atoms with Crippen LogP contribution in [0.25, 0.3) is 5.70 Å². The average Bonchev–Trinajstić information content (AvgIpc) is 2.81. The van der Waals surface area contributed by atoms with E-state index in [1.54, 1.807) is 24.3 Å². The maximum absolute atomic E-state index is 12.4. The largest absolute Gasteiger partial charge is 0.479 e. The molecule has 3 rings (SSSR count). The highest BCUT2D eigenvalue weighted by molar-refractivity contribution is 6.10. The lowest BCUT2D eigenvalue weighted by Crippen LogP contribution is -2.52. The van der Waals surface area contributed by atoms with Gasteiger partial charge in [0.05, 0.1) is 0 Å². The van der Waals surface area contributed by atoms with E-state index in [4.69, 9.17) is 5.11 Å². The monoisotopic (exact) mass is 330 g/mol. The van der Waals surface area contributed by atoms with Gasteiger partial charge < -0.3 is 15.1 Å². The Morgan fingerprint density at radius 3 is 2.29 bits per heavy atom. The van der Waals surface area contributed by atoms with Crippen LogP contribution in [0.3, 0.4) is 0 Å². The maximum Gasteiger partial charge on any atom is 0.335 e. The highest BCUT2D eigenvalue weighted by Crippen LogP contribution is 2.31. The summed E-state index contributed by atoms with van der Waals surface area (Å²) in [5, 5.41) is 18.9. The summed E-state index contributed by atoms with van der Waals surface area (Å²) in [4.78, 5) is 38.7. The lowest BCUT2D eigenvalue weighted by molar-refractivity contribution is -0.165. The number of fused-ring (bicyclic) bond motifs is 1. The number of benzene rings is 1. The lowest BCUT2D eigenvalue weighted by Gasteiger charge is -2.36. The van der Waals surface area contributed by atoms with E-state index in [1.165, 1.54) is 9.80 Å². The molecule has 2 aliphatic rings. The number of hydrogen-bond acceptors (Lipinski definition) is 4. The number of aliphatic carboxylic acids is 1. The summed E-state index contributed by atoms with van der Waals surface area (Å²) < 4.78 is 0. The number of amides is 2. The predicted octanol–water partition coefficient (Wildman–Crippen LogP) is 0.551. The number of carboxylic acids is 1. The topological polar surface area (TPSA) is 98.2 Å². The molecule has 0 unspecified atom stereocenters. The molecule has 0 aliphatic carbocycles. The maximum atomic E-state index is 12.4. The second-order valence-corrected chi connectivity index (χ2v) is 6.10. The van der Waals surface area contributed by atoms with Gasteiger partial charge in [-0.25, -0.2) is 4.79 Å². The van der Waals surface area contributed by atoms with Crippen molar-refractivity contribution in [3.63, 3.8) is 0 Å². The van der Waals surface area contributed by atoms with Crippen molar-refractivity contribution in [3.8, 4) is 0 Å². The minimum atomic E-state index is -1.78. The molecule has 7 nitrogen and oxygen atoms in total. The average molecular weight is 330 g/mol. The van der Waals surface area contributed by atoms with Gasteiger partial charge in [-0.15, -0.1) is 0 Å². The van der Waals surface area contributed by atoms with E-state index >= 15 is 0 Å². The van der Waals surface area contributed by atoms with Gasteiger partial charge in [-0.1, -0.05) is 24.8 Å². The Labute approximate surface area is 138 Å². The highest BCUT2D eigenvalue weighted by atomic mass is 16.4. The van der Waals surface area contributed by atoms with E-state index in [9.17, 15) is 19.5 Å². The summed E-state index contributed by atoms with van der Waals surface area (Å²) in [5.74, 6) is -1.82. The van der Waals surface area contributed by atoms with Gasteiger partial charge in [0.15, 0.2) is 5.60 Å². The number of aliphatic hydroxyl groups is 1. The molecule has 1 saturated heterocycles. The van der Waals surface area contributed by atoms with E-state index in [0.29, 0.717) is 16.8 Å². The molecule has 0 saturated carbocycles. The van der Waals surface area contributed by atoms with Gasteiger partial charge >= 0.3 is 5.97 Å². The van der Waals surface area contributed by atoms with Crippen LogP contribution in [0.5, 0.6) is 0 Å². The van der Waals surface area contributed by atoms with Crippen LogP contribution in [0.2, 0.25) is 0 Å². The first-order valence-electron chi connectivity index (χ1n) is 7.67. The molecule has 126 valence electrons. The van der Waals surface area contributed by atoms with Gasteiger partial charge in [0.1, 0.15) is 6.54 Å². The molecular weight excluding hydrogens is 312 g/mol. The Hall–Kier alpha value is -2.67. The second kappa shape index (κ2) is 5.76. The molecular formula is C17H18N2O5. The first-order valence-corrected chi connectivity index (χ1v) is 7.67. The number of hydrogen-bond donors (Lipinski definition) is 2. The summed E-state index contributed by atoms with van der Waals surface area (Å²) in [6.45, 7) is 4.03. The third-order valence-electron chi connectivity index (χ3n) is 4.67. The van der Waals surface area contributed by atoms with Crippen molar-refractivity contribution in [2.75, 3.05) is 19.6 Å². The van der Waals surface area contributed by atoms with Gasteiger partial charge in [0.2, 0.25) is 5.91 Å². The molecule has 24 heavy (non-hydrogen) atoms. The van der Waals surface area contributed by atoms with Crippen LogP contribution in [-0.2, 0) is 9.59 Å². The van der Waals surface area contributed by atoms with Crippen LogP contribution in [0.15, 0.2) is 30.8 Å². The summed E-state index contributed by atoms with van der Waals surface area (Å²) in [5.41, 5.74) is -0.0496. The summed E-state index contributed by atoms with van der Waals surface area (Å²) >= 11 is 0. The van der Waals surface area contributed by atoms with Crippen LogP contribution < -0.4 is 0 Å². The minimum Gasteiger partial charge on any atom is -0.479 e. The van der Waals surface area contributed by atoms with Gasteiger partial charge in [0, 0.05) is 42.8 Å². The zero-order chi connectivity index (χ0) is 17.5. The Bertz CT molecular complexity index is 699. The zero-order valence-electron chi connectivity index (χ0n) is 13.1. The number of carboxylic acid groups (broad SMARTS) is 1. The van der Waals surface area contributed by atoms with Gasteiger partial charge in [-0.3, -0.25) is 14.5 Å². The number of carbonyl (C=O) groups excluding carboxylic acids is 2. The Morgan fingerprint density at radius 1 is 1.17 bits per heavy atom. The quantitative estimate of drug-likeness (QED) is 0.843. The Balaban J connectivity index is 1.66. The minimum absolute atomic E-state index is 0.0246. The molecule has 0 radical (unpaired) electrons. The molecule has 0 bridgehead atoms. The summed E-state index contributed by atoms with van der Waals surface area (Å²) in [6.07, 6.45) is -0.0492. The molecule has 0 atom stereocenters. The number of rotatable bonds is 3. The standard InChI is InChI=1S/C17H18N2O5/c1-11-12-4-2-3-5-13(12)15(21)19(11)10-14(20)18-8-6-17(24,7-9-18)16(22)23/h2-5,24H,1,6-10H2,(H,22,23). The molecule has 0 aromatic heterocycles. The first-order chi connectivity index (χ1) is 11.3. The van der Waals surface area contributed by atoms with Crippen LogP contribution in [0.1, 0.15) is 28.8 Å². The zero-order valence-corrected chi connectivity index (χ0v) is 13.1. The van der Waals surface area contributed by atoms with Crippen molar-refractivity contribution in [1.29, 1.82) is 0 Å².